The normalized spacial score (nSPS) is 21.9. The van der Waals surface area contributed by atoms with Gasteiger partial charge in [-0.3, -0.25) is 9.59 Å². The Morgan fingerprint density at radius 3 is 1.32 bits per heavy atom. The number of hydrogen-bond donors (Lipinski definition) is 0. The predicted octanol–water partition coefficient (Wildman–Crippen LogP) is 11.2. The van der Waals surface area contributed by atoms with Crippen molar-refractivity contribution in [3.05, 3.63) is 178 Å². The number of hydrogen-bond acceptors (Lipinski definition) is 8. The minimum Gasteiger partial charge on any atom is -0.461 e. The molecule has 0 radical (unpaired) electrons. The van der Waals surface area contributed by atoms with Crippen molar-refractivity contribution in [2.24, 2.45) is 22.7 Å². The number of benzene rings is 3. The number of ether oxygens (including phenoxy) is 2. The third-order valence-corrected chi connectivity index (χ3v) is 12.5. The van der Waals surface area contributed by atoms with Gasteiger partial charge in [0, 0.05) is 24.7 Å². The van der Waals surface area contributed by atoms with Crippen LogP contribution in [0.4, 0.5) is 0 Å². The van der Waals surface area contributed by atoms with Gasteiger partial charge in [-0.05, 0) is 85.7 Å². The summed E-state index contributed by atoms with van der Waals surface area (Å²) in [5, 5.41) is 43.6. The van der Waals surface area contributed by atoms with E-state index in [1.807, 2.05) is 134 Å². The van der Waals surface area contributed by atoms with E-state index in [4.69, 9.17) is 9.47 Å². The van der Waals surface area contributed by atoms with Gasteiger partial charge in [0.15, 0.2) is 10.8 Å². The van der Waals surface area contributed by atoms with Gasteiger partial charge in [-0.25, -0.2) is 0 Å². The zero-order valence-corrected chi connectivity index (χ0v) is 34.3. The summed E-state index contributed by atoms with van der Waals surface area (Å²) in [5.74, 6) is -1.62. The molecule has 0 spiro atoms. The Hall–Kier alpha value is -7.52. The summed E-state index contributed by atoms with van der Waals surface area (Å²) in [5.41, 5.74) is 6.10. The van der Waals surface area contributed by atoms with E-state index in [1.54, 1.807) is 0 Å². The molecule has 304 valence electrons. The second kappa shape index (κ2) is 18.0. The molecule has 0 aromatic heterocycles. The van der Waals surface area contributed by atoms with Gasteiger partial charge in [-0.2, -0.15) is 21.0 Å². The molecule has 62 heavy (non-hydrogen) atoms. The van der Waals surface area contributed by atoms with Crippen LogP contribution in [0.3, 0.4) is 0 Å². The molecule has 4 aliphatic heterocycles. The largest absolute Gasteiger partial charge is 0.461 e. The van der Waals surface area contributed by atoms with Gasteiger partial charge in [0.2, 0.25) is 0 Å². The van der Waals surface area contributed by atoms with E-state index in [1.165, 1.54) is 0 Å². The predicted molar refractivity (Wildman–Crippen MR) is 237 cm³/mol. The van der Waals surface area contributed by atoms with Crippen LogP contribution in [0, 0.1) is 68.0 Å². The molecule has 3 aromatic rings. The standard InChI is InChI=1S/C54H44N4O4/c55-33-53(34-56)47-27-41-10-7-14-45(47)29-49(53)43-12-9-13-44(26-43)50-30-46-15-8-11-42(28-48(46)54(50,35-57)36-58)40-24-20-38(21-25-40)32-62-52(60)17-6-4-2-1-3-5-16-51(59)61-31-37-18-22-39(41)23-19-37/h7-15,18-30,47-48H,1-6,16-17,31-32H2/t47-,48-/m0/s1. The molecule has 8 heteroatoms. The molecule has 12 bridgehead atoms. The average molecular weight is 813 g/mol. The molecular formula is C54H44N4O4. The summed E-state index contributed by atoms with van der Waals surface area (Å²) in [4.78, 5) is 25.0. The van der Waals surface area contributed by atoms with Gasteiger partial charge in [-0.1, -0.05) is 153 Å². The summed E-state index contributed by atoms with van der Waals surface area (Å²) < 4.78 is 11.1. The molecule has 2 atom stereocenters. The van der Waals surface area contributed by atoms with Crippen LogP contribution in [0.1, 0.15) is 84.7 Å². The molecule has 4 aliphatic carbocycles. The van der Waals surface area contributed by atoms with Gasteiger partial charge < -0.3 is 9.47 Å². The average Bonchev–Trinajstić information content (AvgIpc) is 3.55. The topological polar surface area (TPSA) is 148 Å². The smallest absolute Gasteiger partial charge is 0.306 e. The summed E-state index contributed by atoms with van der Waals surface area (Å²) in [6.45, 7) is 0.325. The first-order valence-electron chi connectivity index (χ1n) is 21.2. The third kappa shape index (κ3) is 8.05. The Bertz CT molecular complexity index is 2520. The quantitative estimate of drug-likeness (QED) is 0.204. The lowest BCUT2D eigenvalue weighted by atomic mass is 9.70. The SMILES string of the molecule is N#CC1(C#N)C2=CC3=CC=CC(=C[C@@H]31)c1ccc(cc1)COC(=O)CCCCCCCCC(=O)OCc1ccc(cc1)C1=C[C@H]3C(=CC=C1)C=C(c1cccc2c1)C3(C#N)C#N. The van der Waals surface area contributed by atoms with E-state index < -0.39 is 22.7 Å². The van der Waals surface area contributed by atoms with Gasteiger partial charge in [-0.15, -0.1) is 0 Å². The fourth-order valence-corrected chi connectivity index (χ4v) is 9.05. The van der Waals surface area contributed by atoms with Crippen molar-refractivity contribution < 1.29 is 19.1 Å². The first-order valence-corrected chi connectivity index (χ1v) is 21.2. The molecular weight excluding hydrogens is 769 g/mol. The highest BCUT2D eigenvalue weighted by Crippen LogP contribution is 2.55. The van der Waals surface area contributed by atoms with Crippen LogP contribution >= 0.6 is 0 Å². The van der Waals surface area contributed by atoms with Gasteiger partial charge >= 0.3 is 11.9 Å². The fourth-order valence-electron chi connectivity index (χ4n) is 9.05. The zero-order chi connectivity index (χ0) is 43.1. The second-order valence-corrected chi connectivity index (χ2v) is 16.3. The number of allylic oxidation sites excluding steroid dienone is 16. The van der Waals surface area contributed by atoms with Crippen LogP contribution in [0.25, 0.3) is 22.3 Å². The molecule has 0 fully saturated rings. The molecule has 8 aliphatic rings. The van der Waals surface area contributed by atoms with Crippen LogP contribution in [-0.2, 0) is 32.3 Å². The van der Waals surface area contributed by atoms with Crippen molar-refractivity contribution in [1.29, 1.82) is 21.0 Å². The van der Waals surface area contributed by atoms with Gasteiger partial charge in [0.25, 0.3) is 0 Å². The van der Waals surface area contributed by atoms with Crippen molar-refractivity contribution in [3.63, 3.8) is 0 Å². The molecule has 0 amide bonds. The van der Waals surface area contributed by atoms with Gasteiger partial charge in [0.05, 0.1) is 24.3 Å². The Morgan fingerprint density at radius 1 is 0.516 bits per heavy atom. The van der Waals surface area contributed by atoms with Crippen LogP contribution < -0.4 is 0 Å². The molecule has 0 unspecified atom stereocenters. The van der Waals surface area contributed by atoms with Crippen LogP contribution in [-0.4, -0.2) is 11.9 Å². The number of carbonyl (C=O) groups is 2. The Balaban J connectivity index is 1.13. The Kier molecular flexibility index (Phi) is 12.0. The lowest BCUT2D eigenvalue weighted by molar-refractivity contribution is -0.146. The van der Waals surface area contributed by atoms with Crippen LogP contribution in [0.5, 0.6) is 0 Å². The van der Waals surface area contributed by atoms with Crippen molar-refractivity contribution >= 4 is 34.2 Å². The van der Waals surface area contributed by atoms with Crippen molar-refractivity contribution in [3.8, 4) is 24.3 Å². The maximum absolute atomic E-state index is 12.5. The van der Waals surface area contributed by atoms with Crippen molar-refractivity contribution in [1.82, 2.24) is 0 Å². The van der Waals surface area contributed by atoms with Crippen molar-refractivity contribution in [2.75, 3.05) is 0 Å². The van der Waals surface area contributed by atoms with Crippen molar-refractivity contribution in [2.45, 2.75) is 64.6 Å². The maximum Gasteiger partial charge on any atom is 0.306 e. The Morgan fingerprint density at radius 2 is 0.919 bits per heavy atom. The Labute approximate surface area is 362 Å². The van der Waals surface area contributed by atoms with E-state index in [2.05, 4.69) is 24.3 Å². The molecule has 3 aromatic carbocycles. The number of rotatable bonds is 0. The maximum atomic E-state index is 12.5. The first kappa shape index (κ1) is 41.2. The first-order chi connectivity index (χ1) is 30.3. The second-order valence-electron chi connectivity index (χ2n) is 16.3. The molecule has 8 nitrogen and oxygen atoms in total. The minimum absolute atomic E-state index is 0.163. The molecule has 11 rings (SSSR count). The highest BCUT2D eigenvalue weighted by Gasteiger charge is 2.51. The van der Waals surface area contributed by atoms with E-state index in [0.717, 1.165) is 83.1 Å². The fraction of sp³-hybridized carbons (Fsp3) is 0.259. The molecule has 0 saturated heterocycles. The highest BCUT2D eigenvalue weighted by molar-refractivity contribution is 5.90. The number of nitrogens with zero attached hydrogens (tertiary/aromatic N) is 4. The van der Waals surface area contributed by atoms with Crippen LogP contribution in [0.2, 0.25) is 0 Å². The zero-order valence-electron chi connectivity index (χ0n) is 34.3. The van der Waals surface area contributed by atoms with Crippen LogP contribution in [0.15, 0.2) is 145 Å². The molecule has 0 N–H and O–H groups in total. The molecule has 4 heterocycles. The summed E-state index contributed by atoms with van der Waals surface area (Å²) in [6, 6.07) is 32.5. The van der Waals surface area contributed by atoms with E-state index in [9.17, 15) is 30.6 Å². The summed E-state index contributed by atoms with van der Waals surface area (Å²) in [6.07, 6.45) is 25.4. The third-order valence-electron chi connectivity index (χ3n) is 12.5. The van der Waals surface area contributed by atoms with E-state index in [-0.39, 0.29) is 25.2 Å². The summed E-state index contributed by atoms with van der Waals surface area (Å²) in [7, 11) is 0. The monoisotopic (exact) mass is 812 g/mol. The molecule has 0 saturated carbocycles. The van der Waals surface area contributed by atoms with E-state index in [0.29, 0.717) is 35.1 Å². The van der Waals surface area contributed by atoms with Gasteiger partial charge in [0.1, 0.15) is 13.2 Å². The number of carbonyl (C=O) groups excluding carboxylic acids is 2. The lowest BCUT2D eigenvalue weighted by Gasteiger charge is -2.26. The lowest BCUT2D eigenvalue weighted by Crippen LogP contribution is -2.25. The summed E-state index contributed by atoms with van der Waals surface area (Å²) >= 11 is 0. The van der Waals surface area contributed by atoms with E-state index >= 15 is 0 Å². The highest BCUT2D eigenvalue weighted by atomic mass is 16.5. The minimum atomic E-state index is -1.56. The number of esters is 2. The number of nitriles is 4.